The van der Waals surface area contributed by atoms with E-state index in [4.69, 9.17) is 4.74 Å². The van der Waals surface area contributed by atoms with Crippen LogP contribution in [-0.2, 0) is 9.59 Å². The van der Waals surface area contributed by atoms with Gasteiger partial charge in [-0.25, -0.2) is 4.90 Å². The largest absolute Gasteiger partial charge is 0.497 e. The molecule has 3 saturated heterocycles. The second kappa shape index (κ2) is 7.98. The maximum atomic E-state index is 13.0. The van der Waals surface area contributed by atoms with Gasteiger partial charge in [-0.3, -0.25) is 9.59 Å². The summed E-state index contributed by atoms with van der Waals surface area (Å²) in [5.41, 5.74) is 0.653. The molecule has 4 rings (SSSR count). The monoisotopic (exact) mass is 373 g/mol. The van der Waals surface area contributed by atoms with Gasteiger partial charge in [0.05, 0.1) is 51.4 Å². The number of quaternary nitrogens is 2. The molecule has 1 atom stereocenters. The highest BCUT2D eigenvalue weighted by molar-refractivity contribution is 6.21. The summed E-state index contributed by atoms with van der Waals surface area (Å²) in [6.07, 6.45) is 6.77. The summed E-state index contributed by atoms with van der Waals surface area (Å²) >= 11 is 0. The number of hydrogen-bond acceptors (Lipinski definition) is 3. The molecule has 0 aromatic heterocycles. The minimum Gasteiger partial charge on any atom is -0.497 e. The number of benzene rings is 1. The molecule has 3 aliphatic heterocycles. The second-order valence-corrected chi connectivity index (χ2v) is 8.17. The van der Waals surface area contributed by atoms with Crippen molar-refractivity contribution in [3.05, 3.63) is 24.3 Å². The molecule has 146 valence electrons. The topological polar surface area (TPSA) is 55.5 Å². The molecular formula is C21H31N3O3+2. The maximum absolute atomic E-state index is 13.0. The van der Waals surface area contributed by atoms with E-state index >= 15 is 0 Å². The van der Waals surface area contributed by atoms with E-state index < -0.39 is 0 Å². The number of amides is 2. The normalized spacial score (nSPS) is 30.0. The average Bonchev–Trinajstić information content (AvgIpc) is 3.03. The number of nitrogens with zero attached hydrogens (tertiary/aromatic N) is 1. The van der Waals surface area contributed by atoms with Crippen LogP contribution in [0.2, 0.25) is 0 Å². The zero-order valence-electron chi connectivity index (χ0n) is 16.2. The van der Waals surface area contributed by atoms with Crippen LogP contribution in [0.3, 0.4) is 0 Å². The first-order chi connectivity index (χ1) is 13.2. The van der Waals surface area contributed by atoms with Crippen molar-refractivity contribution in [2.45, 2.75) is 50.6 Å². The van der Waals surface area contributed by atoms with Gasteiger partial charge in [0.25, 0.3) is 5.91 Å². The summed E-state index contributed by atoms with van der Waals surface area (Å²) in [7, 11) is 1.61. The van der Waals surface area contributed by atoms with Gasteiger partial charge in [-0.15, -0.1) is 0 Å². The number of likely N-dealkylation sites (tertiary alicyclic amines) is 2. The number of nitrogens with one attached hydrogen (secondary N) is 2. The lowest BCUT2D eigenvalue weighted by Crippen LogP contribution is -3.22. The Labute approximate surface area is 161 Å². The molecular weight excluding hydrogens is 342 g/mol. The molecule has 0 radical (unpaired) electrons. The fraction of sp³-hybridized carbons (Fsp3) is 0.619. The average molecular weight is 373 g/mol. The number of ether oxygens (including phenoxy) is 1. The Morgan fingerprint density at radius 2 is 1.59 bits per heavy atom. The van der Waals surface area contributed by atoms with Crippen LogP contribution >= 0.6 is 0 Å². The molecule has 3 heterocycles. The second-order valence-electron chi connectivity index (χ2n) is 8.17. The van der Waals surface area contributed by atoms with E-state index in [2.05, 4.69) is 0 Å². The van der Waals surface area contributed by atoms with Crippen LogP contribution in [0.25, 0.3) is 0 Å². The maximum Gasteiger partial charge on any atom is 0.292 e. The van der Waals surface area contributed by atoms with Gasteiger partial charge in [0.1, 0.15) is 5.75 Å². The molecule has 6 heteroatoms. The van der Waals surface area contributed by atoms with Crippen molar-refractivity contribution >= 4 is 17.5 Å². The molecule has 2 N–H and O–H groups in total. The Morgan fingerprint density at radius 1 is 0.926 bits per heavy atom. The number of hydrogen-bond donors (Lipinski definition) is 2. The fourth-order valence-electron chi connectivity index (χ4n) is 5.11. The van der Waals surface area contributed by atoms with Gasteiger partial charge in [-0.05, 0) is 43.5 Å². The zero-order chi connectivity index (χ0) is 18.8. The highest BCUT2D eigenvalue weighted by Gasteiger charge is 2.47. The highest BCUT2D eigenvalue weighted by atomic mass is 16.5. The number of methoxy groups -OCH3 is 1. The molecule has 0 spiro atoms. The highest BCUT2D eigenvalue weighted by Crippen LogP contribution is 2.24. The smallest absolute Gasteiger partial charge is 0.292 e. The third-order valence-electron chi connectivity index (χ3n) is 6.67. The third-order valence-corrected chi connectivity index (χ3v) is 6.67. The van der Waals surface area contributed by atoms with Crippen LogP contribution in [0.4, 0.5) is 5.69 Å². The number of carbonyl (C=O) groups is 2. The minimum atomic E-state index is -0.211. The quantitative estimate of drug-likeness (QED) is 0.696. The summed E-state index contributed by atoms with van der Waals surface area (Å²) in [6.45, 7) is 4.64. The van der Waals surface area contributed by atoms with Crippen LogP contribution in [0.1, 0.15) is 38.5 Å². The van der Waals surface area contributed by atoms with Crippen LogP contribution < -0.4 is 19.4 Å². The number of carbonyl (C=O) groups excluding carboxylic acids is 2. The molecule has 0 unspecified atom stereocenters. The van der Waals surface area contributed by atoms with E-state index in [1.54, 1.807) is 36.3 Å². The zero-order valence-corrected chi connectivity index (χ0v) is 16.2. The molecule has 1 aromatic rings. The van der Waals surface area contributed by atoms with Gasteiger partial charge in [-0.2, -0.15) is 0 Å². The Kier molecular flexibility index (Phi) is 5.45. The van der Waals surface area contributed by atoms with Crippen molar-refractivity contribution in [1.29, 1.82) is 0 Å². The van der Waals surface area contributed by atoms with Crippen molar-refractivity contribution in [2.24, 2.45) is 0 Å². The Hall–Kier alpha value is -1.92. The van der Waals surface area contributed by atoms with Crippen molar-refractivity contribution in [2.75, 3.05) is 38.2 Å². The fourth-order valence-corrected chi connectivity index (χ4v) is 5.11. The molecule has 3 fully saturated rings. The number of anilines is 1. The summed E-state index contributed by atoms with van der Waals surface area (Å²) in [4.78, 5) is 30.0. The summed E-state index contributed by atoms with van der Waals surface area (Å²) in [5.74, 6) is 0.609. The first kappa shape index (κ1) is 18.4. The molecule has 1 aromatic carbocycles. The van der Waals surface area contributed by atoms with Gasteiger partial charge >= 0.3 is 0 Å². The van der Waals surface area contributed by atoms with Gasteiger partial charge in [0.2, 0.25) is 5.91 Å². The lowest BCUT2D eigenvalue weighted by atomic mass is 9.98. The molecule has 0 aliphatic carbocycles. The van der Waals surface area contributed by atoms with E-state index in [1.165, 1.54) is 55.0 Å². The van der Waals surface area contributed by atoms with Gasteiger partial charge in [0, 0.05) is 12.8 Å². The molecule has 0 bridgehead atoms. The first-order valence-corrected chi connectivity index (χ1v) is 10.4. The lowest BCUT2D eigenvalue weighted by Gasteiger charge is -2.37. The standard InChI is InChI=1S/C21H29N3O3/c1-27-18-7-5-17(6-8-18)24-20(25)15-19(21(24)26)23-13-9-16(10-14-23)22-11-3-2-4-12-22/h5-8,16,19H,2-4,9-15H2,1H3/p+2/t19-/m0/s1. The van der Waals surface area contributed by atoms with Gasteiger partial charge in [-0.1, -0.05) is 0 Å². The van der Waals surface area contributed by atoms with E-state index in [-0.39, 0.29) is 17.9 Å². The number of imide groups is 1. The summed E-state index contributed by atoms with van der Waals surface area (Å²) < 4.78 is 5.17. The van der Waals surface area contributed by atoms with E-state index in [0.29, 0.717) is 12.1 Å². The van der Waals surface area contributed by atoms with E-state index in [1.807, 2.05) is 0 Å². The molecule has 3 aliphatic rings. The van der Waals surface area contributed by atoms with Crippen molar-refractivity contribution < 1.29 is 24.1 Å². The lowest BCUT2D eigenvalue weighted by molar-refractivity contribution is -0.965. The first-order valence-electron chi connectivity index (χ1n) is 10.4. The molecule has 0 saturated carbocycles. The van der Waals surface area contributed by atoms with Crippen molar-refractivity contribution in [3.63, 3.8) is 0 Å². The number of rotatable bonds is 4. The number of piperidine rings is 2. The van der Waals surface area contributed by atoms with Gasteiger partial charge in [0.15, 0.2) is 6.04 Å². The third kappa shape index (κ3) is 3.73. The van der Waals surface area contributed by atoms with Crippen LogP contribution in [-0.4, -0.2) is 57.2 Å². The Morgan fingerprint density at radius 3 is 2.22 bits per heavy atom. The molecule has 27 heavy (non-hydrogen) atoms. The molecule has 2 amide bonds. The summed E-state index contributed by atoms with van der Waals surface area (Å²) in [6, 6.07) is 7.71. The van der Waals surface area contributed by atoms with Crippen LogP contribution in [0.15, 0.2) is 24.3 Å². The van der Waals surface area contributed by atoms with E-state index in [9.17, 15) is 9.59 Å². The van der Waals surface area contributed by atoms with Crippen LogP contribution in [0, 0.1) is 0 Å². The minimum absolute atomic E-state index is 0.0380. The van der Waals surface area contributed by atoms with Gasteiger partial charge < -0.3 is 14.5 Å². The molecule has 6 nitrogen and oxygen atoms in total. The van der Waals surface area contributed by atoms with Crippen molar-refractivity contribution in [3.8, 4) is 5.75 Å². The predicted octanol–water partition coefficient (Wildman–Crippen LogP) is -0.557. The van der Waals surface area contributed by atoms with Crippen LogP contribution in [0.5, 0.6) is 5.75 Å². The summed E-state index contributed by atoms with van der Waals surface area (Å²) in [5, 5.41) is 0. The Bertz CT molecular complexity index is 676. The van der Waals surface area contributed by atoms with Crippen molar-refractivity contribution in [1.82, 2.24) is 0 Å². The SMILES string of the molecule is COc1ccc(N2C(=O)C[C@H]([NH+]3CCC([NH+]4CCCCC4)CC3)C2=O)cc1. The predicted molar refractivity (Wildman–Crippen MR) is 102 cm³/mol. The van der Waals surface area contributed by atoms with E-state index in [0.717, 1.165) is 24.9 Å². The Balaban J connectivity index is 1.38.